The Morgan fingerprint density at radius 1 is 1.09 bits per heavy atom. The van der Waals surface area contributed by atoms with E-state index in [1.807, 2.05) is 6.07 Å². The monoisotopic (exact) mass is 442 g/mol. The van der Waals surface area contributed by atoms with E-state index in [4.69, 9.17) is 18.6 Å². The summed E-state index contributed by atoms with van der Waals surface area (Å²) in [5.74, 6) is 1.46. The van der Waals surface area contributed by atoms with Crippen LogP contribution in [0.1, 0.15) is 41.8 Å². The highest BCUT2D eigenvalue weighted by Gasteiger charge is 2.36. The Balaban J connectivity index is 1.51. The van der Waals surface area contributed by atoms with Crippen molar-refractivity contribution in [2.75, 3.05) is 33.9 Å². The van der Waals surface area contributed by atoms with Crippen molar-refractivity contribution >= 4 is 11.8 Å². The number of hydrogen-bond donors (Lipinski definition) is 0. The van der Waals surface area contributed by atoms with Gasteiger partial charge in [-0.2, -0.15) is 0 Å². The number of benzene rings is 1. The van der Waals surface area contributed by atoms with E-state index in [9.17, 15) is 9.59 Å². The van der Waals surface area contributed by atoms with E-state index in [-0.39, 0.29) is 30.5 Å². The second kappa shape index (κ2) is 10.1. The van der Waals surface area contributed by atoms with Crippen molar-refractivity contribution in [3.05, 3.63) is 47.9 Å². The van der Waals surface area contributed by atoms with Crippen LogP contribution >= 0.6 is 0 Å². The zero-order valence-corrected chi connectivity index (χ0v) is 18.6. The summed E-state index contributed by atoms with van der Waals surface area (Å²) >= 11 is 0. The fourth-order valence-electron chi connectivity index (χ4n) is 3.97. The molecule has 1 aliphatic carbocycles. The smallest absolute Gasteiger partial charge is 0.254 e. The molecule has 0 N–H and O–H groups in total. The van der Waals surface area contributed by atoms with Crippen LogP contribution < -0.4 is 9.47 Å². The number of methoxy groups -OCH3 is 2. The van der Waals surface area contributed by atoms with Gasteiger partial charge in [-0.25, -0.2) is 0 Å². The van der Waals surface area contributed by atoms with Crippen molar-refractivity contribution in [2.45, 2.75) is 44.4 Å². The molecule has 1 aromatic heterocycles. The van der Waals surface area contributed by atoms with Gasteiger partial charge in [-0.05, 0) is 49.9 Å². The topological polar surface area (TPSA) is 81.5 Å². The fourth-order valence-corrected chi connectivity index (χ4v) is 3.97. The highest BCUT2D eigenvalue weighted by molar-refractivity contribution is 5.97. The first-order valence-electron chi connectivity index (χ1n) is 11.0. The normalized spacial score (nSPS) is 17.8. The number of rotatable bonds is 10. The maximum atomic E-state index is 13.4. The van der Waals surface area contributed by atoms with Crippen LogP contribution in [0.5, 0.6) is 11.5 Å². The molecule has 2 heterocycles. The SMILES string of the molecule is COc1cc(OC)cc(C(=O)N(CC(=O)N(Cc2ccco2)CC2CCCO2)C2CC2)c1. The van der Waals surface area contributed by atoms with Gasteiger partial charge in [-0.1, -0.05) is 0 Å². The lowest BCUT2D eigenvalue weighted by molar-refractivity contribution is -0.134. The minimum absolute atomic E-state index is 0.0104. The van der Waals surface area contributed by atoms with E-state index >= 15 is 0 Å². The van der Waals surface area contributed by atoms with Crippen LogP contribution in [-0.2, 0) is 16.1 Å². The minimum atomic E-state index is -0.201. The molecule has 2 fully saturated rings. The van der Waals surface area contributed by atoms with Crippen molar-refractivity contribution in [2.24, 2.45) is 0 Å². The van der Waals surface area contributed by atoms with E-state index in [0.29, 0.717) is 35.9 Å². The first kappa shape index (κ1) is 22.2. The lowest BCUT2D eigenvalue weighted by atomic mass is 10.1. The maximum Gasteiger partial charge on any atom is 0.254 e. The molecule has 0 bridgehead atoms. The summed E-state index contributed by atoms with van der Waals surface area (Å²) in [5.41, 5.74) is 0.442. The van der Waals surface area contributed by atoms with Gasteiger partial charge in [0.1, 0.15) is 23.8 Å². The molecule has 2 amide bonds. The largest absolute Gasteiger partial charge is 0.497 e. The molecule has 1 atom stereocenters. The Labute approximate surface area is 188 Å². The van der Waals surface area contributed by atoms with Gasteiger partial charge in [-0.15, -0.1) is 0 Å². The molecule has 1 unspecified atom stereocenters. The standard InChI is InChI=1S/C24H30N2O6/c1-29-21-11-17(12-22(13-21)30-2)24(28)26(18-7-8-18)16-23(27)25(14-19-5-3-9-31-19)15-20-6-4-10-32-20/h3,5,9,11-13,18,20H,4,6-8,10,14-16H2,1-2H3. The fraction of sp³-hybridized carbons (Fsp3) is 0.500. The molecule has 8 nitrogen and oxygen atoms in total. The van der Waals surface area contributed by atoms with E-state index in [0.717, 1.165) is 32.3 Å². The van der Waals surface area contributed by atoms with Crippen LogP contribution in [-0.4, -0.2) is 67.7 Å². The van der Waals surface area contributed by atoms with Gasteiger partial charge in [0.2, 0.25) is 5.91 Å². The predicted octanol–water partition coefficient (Wildman–Crippen LogP) is 3.11. The zero-order chi connectivity index (χ0) is 22.5. The number of furan rings is 1. The van der Waals surface area contributed by atoms with Crippen molar-refractivity contribution in [3.63, 3.8) is 0 Å². The van der Waals surface area contributed by atoms with Gasteiger partial charge in [-0.3, -0.25) is 9.59 Å². The second-order valence-electron chi connectivity index (χ2n) is 8.25. The second-order valence-corrected chi connectivity index (χ2v) is 8.25. The van der Waals surface area contributed by atoms with Gasteiger partial charge >= 0.3 is 0 Å². The molecular weight excluding hydrogens is 412 g/mol. The van der Waals surface area contributed by atoms with Crippen LogP contribution in [0.2, 0.25) is 0 Å². The average molecular weight is 443 g/mol. The summed E-state index contributed by atoms with van der Waals surface area (Å²) in [6, 6.07) is 8.80. The summed E-state index contributed by atoms with van der Waals surface area (Å²) in [5, 5.41) is 0. The molecule has 1 aliphatic heterocycles. The number of carbonyl (C=O) groups excluding carboxylic acids is 2. The maximum absolute atomic E-state index is 13.4. The van der Waals surface area contributed by atoms with Crippen molar-refractivity contribution in [1.29, 1.82) is 0 Å². The zero-order valence-electron chi connectivity index (χ0n) is 18.6. The Kier molecular flexibility index (Phi) is 6.99. The molecule has 8 heteroatoms. The molecule has 1 saturated carbocycles. The van der Waals surface area contributed by atoms with E-state index < -0.39 is 0 Å². The molecule has 2 aliphatic rings. The molecular formula is C24H30N2O6. The summed E-state index contributed by atoms with van der Waals surface area (Å²) in [7, 11) is 3.09. The highest BCUT2D eigenvalue weighted by atomic mass is 16.5. The van der Waals surface area contributed by atoms with Gasteiger partial charge in [0.25, 0.3) is 5.91 Å². The van der Waals surface area contributed by atoms with Gasteiger partial charge in [0.15, 0.2) is 0 Å². The molecule has 2 aromatic rings. The molecule has 0 spiro atoms. The summed E-state index contributed by atoms with van der Waals surface area (Å²) in [4.78, 5) is 30.2. The van der Waals surface area contributed by atoms with Crippen LogP contribution in [0.4, 0.5) is 0 Å². The Morgan fingerprint density at radius 2 is 1.84 bits per heavy atom. The summed E-state index contributed by atoms with van der Waals surface area (Å²) in [6.45, 7) is 1.57. The first-order chi connectivity index (χ1) is 15.6. The summed E-state index contributed by atoms with van der Waals surface area (Å²) < 4.78 is 21.8. The molecule has 172 valence electrons. The Bertz CT molecular complexity index is 896. The molecule has 1 saturated heterocycles. The van der Waals surface area contributed by atoms with E-state index in [1.54, 1.807) is 54.5 Å². The summed E-state index contributed by atoms with van der Waals surface area (Å²) in [6.07, 6.45) is 5.32. The first-order valence-corrected chi connectivity index (χ1v) is 11.0. The minimum Gasteiger partial charge on any atom is -0.497 e. The number of ether oxygens (including phenoxy) is 3. The third-order valence-electron chi connectivity index (χ3n) is 5.88. The molecule has 0 radical (unpaired) electrons. The van der Waals surface area contributed by atoms with Crippen LogP contribution in [0.25, 0.3) is 0 Å². The highest BCUT2D eigenvalue weighted by Crippen LogP contribution is 2.30. The van der Waals surface area contributed by atoms with Crippen molar-refractivity contribution < 1.29 is 28.2 Å². The molecule has 4 rings (SSSR count). The Hall–Kier alpha value is -3.00. The molecule has 32 heavy (non-hydrogen) atoms. The van der Waals surface area contributed by atoms with Crippen LogP contribution in [0, 0.1) is 0 Å². The van der Waals surface area contributed by atoms with Gasteiger partial charge < -0.3 is 28.4 Å². The third-order valence-corrected chi connectivity index (χ3v) is 5.88. The van der Waals surface area contributed by atoms with Gasteiger partial charge in [0.05, 0.1) is 33.1 Å². The number of amides is 2. The van der Waals surface area contributed by atoms with Crippen molar-refractivity contribution in [3.8, 4) is 11.5 Å². The Morgan fingerprint density at radius 3 is 2.41 bits per heavy atom. The lowest BCUT2D eigenvalue weighted by Gasteiger charge is -2.29. The predicted molar refractivity (Wildman–Crippen MR) is 117 cm³/mol. The molecule has 1 aromatic carbocycles. The number of hydrogen-bond acceptors (Lipinski definition) is 6. The number of nitrogens with zero attached hydrogens (tertiary/aromatic N) is 2. The van der Waals surface area contributed by atoms with E-state index in [2.05, 4.69) is 0 Å². The van der Waals surface area contributed by atoms with Crippen molar-refractivity contribution in [1.82, 2.24) is 9.80 Å². The van der Waals surface area contributed by atoms with E-state index in [1.165, 1.54) is 0 Å². The third kappa shape index (κ3) is 5.43. The van der Waals surface area contributed by atoms with Crippen LogP contribution in [0.15, 0.2) is 41.0 Å². The average Bonchev–Trinajstić information content (AvgIpc) is 3.27. The number of carbonyl (C=O) groups is 2. The van der Waals surface area contributed by atoms with Crippen LogP contribution in [0.3, 0.4) is 0 Å². The quantitative estimate of drug-likeness (QED) is 0.562. The van der Waals surface area contributed by atoms with Gasteiger partial charge in [0, 0.05) is 30.8 Å². The lowest BCUT2D eigenvalue weighted by Crippen LogP contribution is -2.45.